The van der Waals surface area contributed by atoms with Crippen molar-refractivity contribution in [1.82, 2.24) is 30.4 Å². The van der Waals surface area contributed by atoms with Crippen molar-refractivity contribution in [3.05, 3.63) is 40.7 Å². The zero-order valence-corrected chi connectivity index (χ0v) is 14.2. The van der Waals surface area contributed by atoms with Crippen LogP contribution >= 0.6 is 11.3 Å². The Bertz CT molecular complexity index is 887. The minimum Gasteiger partial charge on any atom is -0.371 e. The van der Waals surface area contributed by atoms with Crippen molar-refractivity contribution in [2.24, 2.45) is 0 Å². The minimum atomic E-state index is -0.260. The van der Waals surface area contributed by atoms with Crippen LogP contribution in [0.1, 0.15) is 39.9 Å². The Morgan fingerprint density at radius 1 is 1.40 bits per heavy atom. The number of nitrogens with one attached hydrogen (secondary N) is 1. The second-order valence-electron chi connectivity index (χ2n) is 5.66. The molecule has 0 aliphatic carbocycles. The van der Waals surface area contributed by atoms with Crippen LogP contribution in [0.2, 0.25) is 0 Å². The van der Waals surface area contributed by atoms with Crippen LogP contribution in [-0.4, -0.2) is 42.9 Å². The summed E-state index contributed by atoms with van der Waals surface area (Å²) in [5, 5.41) is 23.3. The number of aryl methyl sites for hydroxylation is 1. The first-order valence-corrected chi connectivity index (χ1v) is 8.63. The van der Waals surface area contributed by atoms with Gasteiger partial charge in [0.05, 0.1) is 5.69 Å². The largest absolute Gasteiger partial charge is 0.371 e. The zero-order valence-electron chi connectivity index (χ0n) is 13.4. The molecule has 1 aromatic carbocycles. The summed E-state index contributed by atoms with van der Waals surface area (Å²) in [5.74, 6) is -0.260. The molecule has 0 radical (unpaired) electrons. The van der Waals surface area contributed by atoms with E-state index in [2.05, 4.69) is 31.0 Å². The summed E-state index contributed by atoms with van der Waals surface area (Å²) >= 11 is 1.34. The number of hydrogen-bond donors (Lipinski definition) is 1. The monoisotopic (exact) mass is 357 g/mol. The molecule has 1 fully saturated rings. The van der Waals surface area contributed by atoms with Gasteiger partial charge in [-0.3, -0.25) is 10.1 Å². The van der Waals surface area contributed by atoms with Crippen LogP contribution in [0, 0.1) is 6.92 Å². The lowest BCUT2D eigenvalue weighted by atomic mass is 10.1. The number of rotatable bonds is 4. The number of hydrogen-bond acceptors (Lipinski definition) is 8. The molecule has 1 N–H and O–H groups in total. The first kappa shape index (κ1) is 15.8. The average Bonchev–Trinajstić information content (AvgIpc) is 3.37. The molecule has 25 heavy (non-hydrogen) atoms. The van der Waals surface area contributed by atoms with Crippen molar-refractivity contribution in [2.45, 2.75) is 25.9 Å². The summed E-state index contributed by atoms with van der Waals surface area (Å²) in [6.07, 6.45) is 3.45. The highest BCUT2D eigenvalue weighted by Crippen LogP contribution is 2.32. The van der Waals surface area contributed by atoms with Gasteiger partial charge in [-0.05, 0) is 47.9 Å². The molecule has 1 atom stereocenters. The third kappa shape index (κ3) is 3.26. The van der Waals surface area contributed by atoms with Gasteiger partial charge in [0.15, 0.2) is 0 Å². The summed E-state index contributed by atoms with van der Waals surface area (Å²) in [6.45, 7) is 2.67. The van der Waals surface area contributed by atoms with E-state index in [1.54, 1.807) is 12.1 Å². The van der Waals surface area contributed by atoms with E-state index >= 15 is 0 Å². The number of aromatic nitrogens is 6. The van der Waals surface area contributed by atoms with Crippen molar-refractivity contribution < 1.29 is 9.53 Å². The number of amides is 1. The number of ether oxygens (including phenoxy) is 1. The maximum absolute atomic E-state index is 12.5. The molecule has 3 aromatic rings. The second-order valence-corrected chi connectivity index (χ2v) is 6.67. The summed E-state index contributed by atoms with van der Waals surface area (Å²) < 4.78 is 7.11. The summed E-state index contributed by atoms with van der Waals surface area (Å²) in [4.78, 5) is 12.5. The molecule has 0 bridgehead atoms. The standard InChI is InChI=1S/C15H15N7O2S/c1-9-4-5-10(7-11(9)22-8-16-20-21-22)13(23)17-15-19-18-14(25-15)12-3-2-6-24-12/h4-5,7-8,12H,2-3,6H2,1H3,(H,17,19,23)/t12-/m0/s1. The number of carbonyl (C=O) groups excluding carboxylic acids is 1. The lowest BCUT2D eigenvalue weighted by Crippen LogP contribution is -2.12. The molecular formula is C15H15N7O2S. The van der Waals surface area contributed by atoms with Crippen molar-refractivity contribution in [1.29, 1.82) is 0 Å². The fourth-order valence-corrected chi connectivity index (χ4v) is 3.45. The highest BCUT2D eigenvalue weighted by molar-refractivity contribution is 7.15. The molecule has 4 rings (SSSR count). The second kappa shape index (κ2) is 6.65. The smallest absolute Gasteiger partial charge is 0.257 e. The van der Waals surface area contributed by atoms with Gasteiger partial charge < -0.3 is 4.74 Å². The van der Waals surface area contributed by atoms with Crippen molar-refractivity contribution in [3.63, 3.8) is 0 Å². The molecule has 0 spiro atoms. The molecule has 2 aromatic heterocycles. The van der Waals surface area contributed by atoms with Gasteiger partial charge in [0.25, 0.3) is 5.91 Å². The van der Waals surface area contributed by atoms with Gasteiger partial charge in [0.1, 0.15) is 17.4 Å². The first-order chi connectivity index (χ1) is 12.2. The fourth-order valence-electron chi connectivity index (χ4n) is 2.63. The van der Waals surface area contributed by atoms with Crippen LogP contribution in [0.15, 0.2) is 24.5 Å². The summed E-state index contributed by atoms with van der Waals surface area (Å²) in [6, 6.07) is 5.34. The lowest BCUT2D eigenvalue weighted by Gasteiger charge is -2.07. The number of tetrazole rings is 1. The third-order valence-electron chi connectivity index (χ3n) is 3.93. The van der Waals surface area contributed by atoms with Gasteiger partial charge in [0.2, 0.25) is 5.13 Å². The SMILES string of the molecule is Cc1ccc(C(=O)Nc2nnc([C@@H]3CCCO3)s2)cc1-n1cnnn1. The van der Waals surface area contributed by atoms with Crippen LogP contribution < -0.4 is 5.32 Å². The van der Waals surface area contributed by atoms with Crippen LogP contribution in [0.3, 0.4) is 0 Å². The van der Waals surface area contributed by atoms with Crippen molar-refractivity contribution in [3.8, 4) is 5.69 Å². The predicted molar refractivity (Wildman–Crippen MR) is 89.7 cm³/mol. The Morgan fingerprint density at radius 2 is 2.32 bits per heavy atom. The molecule has 3 heterocycles. The van der Waals surface area contributed by atoms with E-state index in [1.807, 2.05) is 13.0 Å². The predicted octanol–water partition coefficient (Wildman–Crippen LogP) is 1.93. The Labute approximate surface area is 147 Å². The highest BCUT2D eigenvalue weighted by atomic mass is 32.1. The van der Waals surface area contributed by atoms with E-state index in [1.165, 1.54) is 22.3 Å². The molecule has 1 aliphatic rings. The van der Waals surface area contributed by atoms with Gasteiger partial charge in [-0.15, -0.1) is 15.3 Å². The Hall–Kier alpha value is -2.72. The van der Waals surface area contributed by atoms with E-state index in [-0.39, 0.29) is 12.0 Å². The minimum absolute atomic E-state index is 0.00561. The van der Waals surface area contributed by atoms with Gasteiger partial charge in [-0.2, -0.15) is 0 Å². The zero-order chi connectivity index (χ0) is 17.2. The average molecular weight is 357 g/mol. The van der Waals surface area contributed by atoms with E-state index in [0.29, 0.717) is 10.7 Å². The Kier molecular flexibility index (Phi) is 4.20. The molecule has 128 valence electrons. The Balaban J connectivity index is 1.52. The third-order valence-corrected chi connectivity index (χ3v) is 4.86. The van der Waals surface area contributed by atoms with E-state index in [4.69, 9.17) is 4.74 Å². The van der Waals surface area contributed by atoms with E-state index in [9.17, 15) is 4.79 Å². The Morgan fingerprint density at radius 3 is 3.08 bits per heavy atom. The lowest BCUT2D eigenvalue weighted by molar-refractivity contribution is 0.102. The van der Waals surface area contributed by atoms with Gasteiger partial charge in [0, 0.05) is 12.2 Å². The highest BCUT2D eigenvalue weighted by Gasteiger charge is 2.22. The van der Waals surface area contributed by atoms with E-state index < -0.39 is 0 Å². The van der Waals surface area contributed by atoms with Crippen molar-refractivity contribution in [2.75, 3.05) is 11.9 Å². The fraction of sp³-hybridized carbons (Fsp3) is 0.333. The molecule has 0 unspecified atom stereocenters. The summed E-state index contributed by atoms with van der Waals surface area (Å²) in [5.41, 5.74) is 2.19. The number of nitrogens with zero attached hydrogens (tertiary/aromatic N) is 6. The molecule has 1 amide bonds. The first-order valence-electron chi connectivity index (χ1n) is 7.81. The van der Waals surface area contributed by atoms with Crippen molar-refractivity contribution >= 4 is 22.4 Å². The topological polar surface area (TPSA) is 108 Å². The van der Waals surface area contributed by atoms with Gasteiger partial charge in [-0.25, -0.2) is 4.68 Å². The van der Waals surface area contributed by atoms with Crippen LogP contribution in [-0.2, 0) is 4.74 Å². The van der Waals surface area contributed by atoms with Crippen LogP contribution in [0.25, 0.3) is 5.69 Å². The number of carbonyl (C=O) groups is 1. The normalized spacial score (nSPS) is 16.9. The molecule has 9 nitrogen and oxygen atoms in total. The quantitative estimate of drug-likeness (QED) is 0.760. The van der Waals surface area contributed by atoms with Gasteiger partial charge in [-0.1, -0.05) is 17.4 Å². The summed E-state index contributed by atoms with van der Waals surface area (Å²) in [7, 11) is 0. The molecule has 1 saturated heterocycles. The van der Waals surface area contributed by atoms with Gasteiger partial charge >= 0.3 is 0 Å². The van der Waals surface area contributed by atoms with E-state index in [0.717, 1.165) is 35.7 Å². The van der Waals surface area contributed by atoms with Crippen LogP contribution in [0.5, 0.6) is 0 Å². The molecular weight excluding hydrogens is 342 g/mol. The molecule has 0 saturated carbocycles. The maximum atomic E-state index is 12.5. The number of anilines is 1. The number of benzene rings is 1. The molecule has 10 heteroatoms. The maximum Gasteiger partial charge on any atom is 0.257 e. The van der Waals surface area contributed by atoms with Crippen LogP contribution in [0.4, 0.5) is 5.13 Å². The molecule has 1 aliphatic heterocycles.